The molecule has 2 aliphatic rings. The first-order chi connectivity index (χ1) is 13.1. The fourth-order valence-corrected chi connectivity index (χ4v) is 2.44. The molecule has 9 heteroatoms. The van der Waals surface area contributed by atoms with E-state index in [1.807, 2.05) is 13.8 Å². The Balaban J connectivity index is 0.000000463. The molecule has 2 aromatic rings. The number of hydrogen-bond acceptors (Lipinski definition) is 6. The van der Waals surface area contributed by atoms with Crippen molar-refractivity contribution in [2.45, 2.75) is 51.9 Å². The maximum absolute atomic E-state index is 13.0. The van der Waals surface area contributed by atoms with Crippen LogP contribution in [0, 0.1) is 0 Å². The van der Waals surface area contributed by atoms with Crippen LogP contribution in [0.3, 0.4) is 0 Å². The summed E-state index contributed by atoms with van der Waals surface area (Å²) in [6, 6.07) is 0. The summed E-state index contributed by atoms with van der Waals surface area (Å²) in [4.78, 5) is 31.9. The van der Waals surface area contributed by atoms with Gasteiger partial charge in [0, 0.05) is 12.1 Å². The Hall–Kier alpha value is -2.16. The van der Waals surface area contributed by atoms with Crippen LogP contribution >= 0.6 is 12.3 Å². The first kappa shape index (κ1) is 21.1. The number of rotatable bonds is 5. The van der Waals surface area contributed by atoms with Crippen LogP contribution in [0.15, 0.2) is 12.4 Å². The van der Waals surface area contributed by atoms with Crippen molar-refractivity contribution in [2.24, 2.45) is 0 Å². The molecule has 148 valence electrons. The van der Waals surface area contributed by atoms with Gasteiger partial charge in [-0.1, -0.05) is 33.1 Å². The van der Waals surface area contributed by atoms with Crippen molar-refractivity contribution in [1.29, 1.82) is 0 Å². The highest BCUT2D eigenvalue weighted by Crippen LogP contribution is 2.39. The van der Waals surface area contributed by atoms with E-state index in [1.54, 1.807) is 6.20 Å². The lowest BCUT2D eigenvalue weighted by Gasteiger charge is -2.03. The summed E-state index contributed by atoms with van der Waals surface area (Å²) in [5.74, 6) is -0.726. The summed E-state index contributed by atoms with van der Waals surface area (Å²) >= 11 is -0.0622. The zero-order valence-corrected chi connectivity index (χ0v) is 16.6. The third kappa shape index (κ3) is 5.92. The SMILES string of the molecule is C1CC1.CC.COC(=O)CNC(=O)c1cn(SF)c2ncc(C3CC3)nc12. The molecule has 27 heavy (non-hydrogen) atoms. The van der Waals surface area contributed by atoms with E-state index in [0.29, 0.717) is 11.4 Å². The van der Waals surface area contributed by atoms with Crippen molar-refractivity contribution in [1.82, 2.24) is 19.3 Å². The average Bonchev–Trinajstić information content (AvgIpc) is 3.61. The molecule has 4 rings (SSSR count). The first-order valence-corrected chi connectivity index (χ1v) is 9.83. The van der Waals surface area contributed by atoms with Gasteiger partial charge >= 0.3 is 5.97 Å². The minimum absolute atomic E-state index is 0.0622. The molecule has 0 radical (unpaired) electrons. The van der Waals surface area contributed by atoms with Crippen LogP contribution < -0.4 is 5.32 Å². The van der Waals surface area contributed by atoms with Gasteiger partial charge in [0.05, 0.1) is 24.6 Å². The molecular formula is C18H25FN4O3S. The van der Waals surface area contributed by atoms with Gasteiger partial charge in [-0.25, -0.2) is 13.9 Å². The van der Waals surface area contributed by atoms with Gasteiger partial charge in [0.2, 0.25) is 0 Å². The highest BCUT2D eigenvalue weighted by Gasteiger charge is 2.27. The molecular weight excluding hydrogens is 371 g/mol. The monoisotopic (exact) mass is 396 g/mol. The lowest BCUT2D eigenvalue weighted by Crippen LogP contribution is -2.30. The van der Waals surface area contributed by atoms with E-state index in [4.69, 9.17) is 0 Å². The van der Waals surface area contributed by atoms with E-state index in [1.165, 1.54) is 32.6 Å². The standard InChI is InChI=1S/C13H13FN4O3S.C3H6.C2H6/c1-21-10(19)5-16-13(20)8-6-18(22-14)12-11(8)17-9(4-15-12)7-2-3-7;1-2-3-1;1-2/h4,6-7H,2-3,5H2,1H3,(H,16,20);1-3H2;1-2H3. The zero-order chi connectivity index (χ0) is 19.8. The van der Waals surface area contributed by atoms with E-state index in [0.717, 1.165) is 22.5 Å². The van der Waals surface area contributed by atoms with Gasteiger partial charge in [-0.3, -0.25) is 9.59 Å². The van der Waals surface area contributed by atoms with Crippen LogP contribution in [0.2, 0.25) is 0 Å². The molecule has 0 bridgehead atoms. The summed E-state index contributed by atoms with van der Waals surface area (Å²) in [5.41, 5.74) is 1.59. The molecule has 2 aliphatic carbocycles. The number of fused-ring (bicyclic) bond motifs is 1. The summed E-state index contributed by atoms with van der Waals surface area (Å²) in [6.45, 7) is 3.74. The number of hydrogen-bond donors (Lipinski definition) is 1. The zero-order valence-electron chi connectivity index (χ0n) is 15.8. The van der Waals surface area contributed by atoms with Gasteiger partial charge in [0.25, 0.3) is 5.91 Å². The van der Waals surface area contributed by atoms with Gasteiger partial charge in [-0.05, 0) is 12.8 Å². The van der Waals surface area contributed by atoms with Gasteiger partial charge < -0.3 is 10.1 Å². The number of halogens is 1. The molecule has 0 saturated heterocycles. The fraction of sp³-hybridized carbons (Fsp3) is 0.556. The molecule has 0 aromatic carbocycles. The number of carbonyl (C=O) groups is 2. The maximum atomic E-state index is 13.0. The number of esters is 1. The molecule has 2 fully saturated rings. The summed E-state index contributed by atoms with van der Waals surface area (Å²) in [6.07, 6.45) is 9.52. The van der Waals surface area contributed by atoms with E-state index in [2.05, 4.69) is 20.0 Å². The van der Waals surface area contributed by atoms with Crippen molar-refractivity contribution in [3.63, 3.8) is 0 Å². The number of carbonyl (C=O) groups excluding carboxylic acids is 2. The molecule has 2 aromatic heterocycles. The van der Waals surface area contributed by atoms with Crippen molar-refractivity contribution < 1.29 is 18.2 Å². The molecule has 2 saturated carbocycles. The molecule has 0 spiro atoms. The molecule has 1 N–H and O–H groups in total. The lowest BCUT2D eigenvalue weighted by molar-refractivity contribution is -0.139. The number of amides is 1. The summed E-state index contributed by atoms with van der Waals surface area (Å²) < 4.78 is 18.6. The van der Waals surface area contributed by atoms with Gasteiger partial charge in [0.1, 0.15) is 12.1 Å². The second-order valence-corrected chi connectivity index (χ2v) is 6.53. The summed E-state index contributed by atoms with van der Waals surface area (Å²) in [5, 5.41) is 2.42. The Labute approximate surface area is 162 Å². The normalized spacial score (nSPS) is 14.4. The van der Waals surface area contributed by atoms with Crippen molar-refractivity contribution in [3.05, 3.63) is 23.7 Å². The number of ether oxygens (including phenoxy) is 1. The van der Waals surface area contributed by atoms with E-state index >= 15 is 0 Å². The smallest absolute Gasteiger partial charge is 0.325 e. The van der Waals surface area contributed by atoms with Crippen LogP contribution in [0.1, 0.15) is 67.9 Å². The molecule has 0 unspecified atom stereocenters. The van der Waals surface area contributed by atoms with Gasteiger partial charge in [0.15, 0.2) is 18.0 Å². The Morgan fingerprint density at radius 2 is 2.00 bits per heavy atom. The van der Waals surface area contributed by atoms with Crippen molar-refractivity contribution in [2.75, 3.05) is 13.7 Å². The molecule has 2 heterocycles. The van der Waals surface area contributed by atoms with E-state index < -0.39 is 11.9 Å². The number of nitrogens with one attached hydrogen (secondary N) is 1. The second kappa shape index (κ2) is 10.2. The third-order valence-electron chi connectivity index (χ3n) is 3.77. The summed E-state index contributed by atoms with van der Waals surface area (Å²) in [7, 11) is 1.23. The highest BCUT2D eigenvalue weighted by molar-refractivity contribution is 7.92. The second-order valence-electron chi connectivity index (χ2n) is 6.00. The van der Waals surface area contributed by atoms with Crippen LogP contribution in [-0.2, 0) is 9.53 Å². The lowest BCUT2D eigenvalue weighted by atomic mass is 10.2. The van der Waals surface area contributed by atoms with Crippen LogP contribution in [0.5, 0.6) is 0 Å². The Morgan fingerprint density at radius 3 is 2.52 bits per heavy atom. The molecule has 7 nitrogen and oxygen atoms in total. The first-order valence-electron chi connectivity index (χ1n) is 9.16. The predicted octanol–water partition coefficient (Wildman–Crippen LogP) is 3.79. The van der Waals surface area contributed by atoms with Crippen molar-refractivity contribution in [3.8, 4) is 0 Å². The topological polar surface area (TPSA) is 86.1 Å². The molecule has 0 aliphatic heterocycles. The quantitative estimate of drug-likeness (QED) is 0.774. The van der Waals surface area contributed by atoms with Crippen LogP contribution in [0.25, 0.3) is 11.2 Å². The van der Waals surface area contributed by atoms with E-state index in [-0.39, 0.29) is 30.1 Å². The Morgan fingerprint density at radius 1 is 1.33 bits per heavy atom. The highest BCUT2D eigenvalue weighted by atomic mass is 32.2. The average molecular weight is 396 g/mol. The Kier molecular flexibility index (Phi) is 8.02. The fourth-order valence-electron chi connectivity index (χ4n) is 2.09. The third-order valence-corrected chi connectivity index (χ3v) is 4.20. The Bertz CT molecular complexity index is 787. The number of aromatic nitrogens is 3. The molecule has 1 amide bonds. The van der Waals surface area contributed by atoms with Gasteiger partial charge in [-0.2, -0.15) is 0 Å². The largest absolute Gasteiger partial charge is 0.468 e. The molecule has 0 atom stereocenters. The van der Waals surface area contributed by atoms with Gasteiger partial charge in [-0.15, -0.1) is 3.89 Å². The van der Waals surface area contributed by atoms with Crippen molar-refractivity contribution >= 4 is 35.4 Å². The number of methoxy groups -OCH3 is 1. The predicted molar refractivity (Wildman–Crippen MR) is 103 cm³/mol. The number of nitrogens with zero attached hydrogens (tertiary/aromatic N) is 3. The maximum Gasteiger partial charge on any atom is 0.325 e. The van der Waals surface area contributed by atoms with E-state index in [9.17, 15) is 13.5 Å². The van der Waals surface area contributed by atoms with Crippen LogP contribution in [0.4, 0.5) is 3.89 Å². The van der Waals surface area contributed by atoms with Crippen LogP contribution in [-0.4, -0.2) is 39.5 Å². The minimum Gasteiger partial charge on any atom is -0.468 e. The minimum atomic E-state index is -0.568.